The van der Waals surface area contributed by atoms with Crippen LogP contribution in [0.25, 0.3) is 0 Å². The molecule has 1 aromatic rings. The maximum Gasteiger partial charge on any atom is 0.352 e. The summed E-state index contributed by atoms with van der Waals surface area (Å²) in [6.07, 6.45) is 0. The molecule has 0 radical (unpaired) electrons. The Morgan fingerprint density at radius 1 is 1.44 bits per heavy atom. The first kappa shape index (κ1) is 12.5. The number of rotatable bonds is 4. The Bertz CT molecular complexity index is 382. The predicted octanol–water partition coefficient (Wildman–Crippen LogP) is 1.72. The molecule has 0 unspecified atom stereocenters. The van der Waals surface area contributed by atoms with Crippen LogP contribution >= 0.6 is 0 Å². The number of anilines is 1. The van der Waals surface area contributed by atoms with Crippen LogP contribution < -0.4 is 5.32 Å². The first-order chi connectivity index (χ1) is 7.49. The van der Waals surface area contributed by atoms with Gasteiger partial charge in [0.1, 0.15) is 0 Å². The van der Waals surface area contributed by atoms with Gasteiger partial charge in [-0.05, 0) is 17.7 Å². The monoisotopic (exact) mass is 233 g/mol. The molecule has 16 heavy (non-hydrogen) atoms. The third kappa shape index (κ3) is 2.96. The summed E-state index contributed by atoms with van der Waals surface area (Å²) in [6.45, 7) is -2.32. The Morgan fingerprint density at radius 2 is 2.12 bits per heavy atom. The second-order valence-corrected chi connectivity index (χ2v) is 3.15. The van der Waals surface area contributed by atoms with Crippen LogP contribution in [0.15, 0.2) is 24.3 Å². The Labute approximate surface area is 89.9 Å². The smallest absolute Gasteiger partial charge is 0.352 e. The summed E-state index contributed by atoms with van der Waals surface area (Å²) in [7, 11) is 0. The fourth-order valence-corrected chi connectivity index (χ4v) is 1.03. The topological polar surface area (TPSA) is 49.3 Å². The van der Waals surface area contributed by atoms with Crippen LogP contribution in [-0.4, -0.2) is 23.6 Å². The summed E-state index contributed by atoms with van der Waals surface area (Å²) in [6, 6.07) is 5.73. The summed E-state index contributed by atoms with van der Waals surface area (Å²) in [4.78, 5) is 10.9. The van der Waals surface area contributed by atoms with E-state index >= 15 is 0 Å². The molecule has 0 spiro atoms. The van der Waals surface area contributed by atoms with Crippen LogP contribution in [-0.2, 0) is 11.4 Å². The minimum Gasteiger partial charge on any atom is -0.392 e. The lowest BCUT2D eigenvalue weighted by molar-refractivity contribution is -0.141. The first-order valence-electron chi connectivity index (χ1n) is 4.44. The van der Waals surface area contributed by atoms with Crippen molar-refractivity contribution in [2.24, 2.45) is 0 Å². The molecular formula is C10H10F3NO2. The largest absolute Gasteiger partial charge is 0.392 e. The fourth-order valence-electron chi connectivity index (χ4n) is 1.03. The molecule has 0 aliphatic heterocycles. The van der Waals surface area contributed by atoms with Crippen LogP contribution in [0.2, 0.25) is 0 Å². The number of benzene rings is 1. The first-order valence-corrected chi connectivity index (χ1v) is 4.44. The molecule has 0 saturated carbocycles. The highest BCUT2D eigenvalue weighted by atomic mass is 19.3. The van der Waals surface area contributed by atoms with Gasteiger partial charge in [-0.1, -0.05) is 12.1 Å². The third-order valence-electron chi connectivity index (χ3n) is 1.87. The van der Waals surface area contributed by atoms with E-state index in [-0.39, 0.29) is 12.3 Å². The number of amides is 1. The fraction of sp³-hybridized carbons (Fsp3) is 0.300. The van der Waals surface area contributed by atoms with Gasteiger partial charge in [0.15, 0.2) is 6.67 Å². The van der Waals surface area contributed by atoms with E-state index in [0.29, 0.717) is 5.56 Å². The molecule has 0 saturated heterocycles. The number of carbonyl (C=O) groups is 1. The highest BCUT2D eigenvalue weighted by Gasteiger charge is 2.38. The van der Waals surface area contributed by atoms with Gasteiger partial charge in [0.2, 0.25) is 0 Å². The maximum atomic E-state index is 12.6. The molecule has 0 aliphatic carbocycles. The number of alkyl halides is 3. The van der Waals surface area contributed by atoms with Gasteiger partial charge in [0.25, 0.3) is 5.91 Å². The molecule has 0 fully saturated rings. The minimum absolute atomic E-state index is 0.0877. The van der Waals surface area contributed by atoms with Crippen LogP contribution in [0, 0.1) is 0 Å². The lowest BCUT2D eigenvalue weighted by Crippen LogP contribution is -2.36. The zero-order valence-corrected chi connectivity index (χ0v) is 8.21. The van der Waals surface area contributed by atoms with Crippen molar-refractivity contribution < 1.29 is 23.1 Å². The molecule has 0 aromatic heterocycles. The molecular weight excluding hydrogens is 223 g/mol. The van der Waals surface area contributed by atoms with Crippen molar-refractivity contribution >= 4 is 11.6 Å². The molecule has 1 rings (SSSR count). The zero-order valence-electron chi connectivity index (χ0n) is 8.21. The zero-order chi connectivity index (χ0) is 12.2. The number of nitrogens with one attached hydrogen (secondary N) is 1. The molecule has 0 atom stereocenters. The number of hydrogen-bond donors (Lipinski definition) is 2. The number of hydrogen-bond acceptors (Lipinski definition) is 2. The van der Waals surface area contributed by atoms with Gasteiger partial charge in [-0.2, -0.15) is 8.78 Å². The van der Waals surface area contributed by atoms with Crippen LogP contribution in [0.4, 0.5) is 18.9 Å². The molecule has 0 bridgehead atoms. The standard InChI is InChI=1S/C10H10F3NO2/c11-6-10(12,13)9(16)14-8-3-1-2-7(4-8)5-15/h1-4,15H,5-6H2,(H,14,16). The molecule has 1 amide bonds. The van der Waals surface area contributed by atoms with E-state index in [1.165, 1.54) is 18.2 Å². The van der Waals surface area contributed by atoms with Gasteiger partial charge in [0.05, 0.1) is 6.61 Å². The lowest BCUT2D eigenvalue weighted by Gasteiger charge is -2.12. The lowest BCUT2D eigenvalue weighted by atomic mass is 10.2. The third-order valence-corrected chi connectivity index (χ3v) is 1.87. The van der Waals surface area contributed by atoms with E-state index in [2.05, 4.69) is 0 Å². The molecule has 6 heteroatoms. The summed E-state index contributed by atoms with van der Waals surface area (Å²) in [5, 5.41) is 10.6. The van der Waals surface area contributed by atoms with E-state index in [4.69, 9.17) is 5.11 Å². The second-order valence-electron chi connectivity index (χ2n) is 3.15. The highest BCUT2D eigenvalue weighted by Crippen LogP contribution is 2.18. The van der Waals surface area contributed by atoms with Gasteiger partial charge in [-0.15, -0.1) is 0 Å². The second kappa shape index (κ2) is 4.98. The summed E-state index contributed by atoms with van der Waals surface area (Å²) in [5.41, 5.74) is 0.547. The van der Waals surface area contributed by atoms with E-state index in [1.54, 1.807) is 6.07 Å². The van der Waals surface area contributed by atoms with Crippen molar-refractivity contribution in [3.8, 4) is 0 Å². The number of halogens is 3. The minimum atomic E-state index is -4.03. The van der Waals surface area contributed by atoms with Gasteiger partial charge < -0.3 is 10.4 Å². The molecule has 0 heterocycles. The van der Waals surface area contributed by atoms with Crippen molar-refractivity contribution in [3.05, 3.63) is 29.8 Å². The van der Waals surface area contributed by atoms with Gasteiger partial charge in [0, 0.05) is 5.69 Å². The molecule has 3 nitrogen and oxygen atoms in total. The van der Waals surface area contributed by atoms with Crippen molar-refractivity contribution in [2.75, 3.05) is 12.0 Å². The van der Waals surface area contributed by atoms with Crippen molar-refractivity contribution in [1.29, 1.82) is 0 Å². The molecule has 0 aliphatic rings. The predicted molar refractivity (Wildman–Crippen MR) is 51.9 cm³/mol. The number of aliphatic hydroxyl groups is 1. The van der Waals surface area contributed by atoms with Crippen molar-refractivity contribution in [3.63, 3.8) is 0 Å². The summed E-state index contributed by atoms with van der Waals surface area (Å²) < 4.78 is 37.0. The van der Waals surface area contributed by atoms with Crippen LogP contribution in [0.3, 0.4) is 0 Å². The highest BCUT2D eigenvalue weighted by molar-refractivity contribution is 5.96. The summed E-state index contributed by atoms with van der Waals surface area (Å²) in [5.74, 6) is -5.74. The Balaban J connectivity index is 2.77. The number of carbonyl (C=O) groups excluding carboxylic acids is 1. The quantitative estimate of drug-likeness (QED) is 0.831. The Hall–Kier alpha value is -1.56. The molecule has 1 aromatic carbocycles. The van der Waals surface area contributed by atoms with Crippen molar-refractivity contribution in [1.82, 2.24) is 0 Å². The Morgan fingerprint density at radius 3 is 2.69 bits per heavy atom. The SMILES string of the molecule is O=C(Nc1cccc(CO)c1)C(F)(F)CF. The van der Waals surface area contributed by atoms with E-state index < -0.39 is 18.5 Å². The average Bonchev–Trinajstić information content (AvgIpc) is 2.29. The summed E-state index contributed by atoms with van der Waals surface area (Å²) >= 11 is 0. The van der Waals surface area contributed by atoms with Gasteiger partial charge in [-0.25, -0.2) is 4.39 Å². The molecule has 2 N–H and O–H groups in total. The maximum absolute atomic E-state index is 12.6. The Kier molecular flexibility index (Phi) is 3.89. The van der Waals surface area contributed by atoms with Gasteiger partial charge >= 0.3 is 5.92 Å². The van der Waals surface area contributed by atoms with Crippen LogP contribution in [0.1, 0.15) is 5.56 Å². The van der Waals surface area contributed by atoms with E-state index in [1.807, 2.05) is 5.32 Å². The normalized spacial score (nSPS) is 11.2. The van der Waals surface area contributed by atoms with Crippen LogP contribution in [0.5, 0.6) is 0 Å². The van der Waals surface area contributed by atoms with E-state index in [0.717, 1.165) is 0 Å². The number of aliphatic hydroxyl groups excluding tert-OH is 1. The molecule has 88 valence electrons. The average molecular weight is 233 g/mol. The van der Waals surface area contributed by atoms with E-state index in [9.17, 15) is 18.0 Å². The van der Waals surface area contributed by atoms with Crippen molar-refractivity contribution in [2.45, 2.75) is 12.5 Å². The van der Waals surface area contributed by atoms with Gasteiger partial charge in [-0.3, -0.25) is 4.79 Å².